The van der Waals surface area contributed by atoms with Gasteiger partial charge in [0.25, 0.3) is 0 Å². The third-order valence-electron chi connectivity index (χ3n) is 5.47. The Bertz CT molecular complexity index is 922. The number of nitrogens with zero attached hydrogens (tertiary/aromatic N) is 1. The molecule has 1 saturated heterocycles. The average Bonchev–Trinajstić information content (AvgIpc) is 2.73. The summed E-state index contributed by atoms with van der Waals surface area (Å²) in [6.45, 7) is 2.00. The van der Waals surface area contributed by atoms with Gasteiger partial charge in [0.1, 0.15) is 5.75 Å². The van der Waals surface area contributed by atoms with E-state index in [1.54, 1.807) is 23.1 Å². The van der Waals surface area contributed by atoms with Crippen molar-refractivity contribution < 1.29 is 27.5 Å². The van der Waals surface area contributed by atoms with Crippen LogP contribution < -0.4 is 4.74 Å². The van der Waals surface area contributed by atoms with E-state index in [4.69, 9.17) is 4.74 Å². The van der Waals surface area contributed by atoms with Gasteiger partial charge in [-0.25, -0.2) is 0 Å². The number of alkyl halides is 3. The Labute approximate surface area is 173 Å². The number of carbonyl (C=O) groups is 2. The number of methoxy groups -OCH3 is 1. The standard InChI is InChI=1S/C23H24F3NO3/c1-15(28)17-8-11-21(30-2)18(13-17)14-22(29)27-12-4-3-5-20(27)16-6-9-19(10-7-16)23(24,25)26/h6-11,13,20H,3-5,12,14H2,1-2H3. The van der Waals surface area contributed by atoms with Crippen LogP contribution in [0.2, 0.25) is 0 Å². The van der Waals surface area contributed by atoms with Crippen molar-refractivity contribution in [3.8, 4) is 5.75 Å². The number of ketones is 1. The van der Waals surface area contributed by atoms with Crippen LogP contribution in [0.15, 0.2) is 42.5 Å². The molecule has 0 spiro atoms. The lowest BCUT2D eigenvalue weighted by Gasteiger charge is -2.36. The van der Waals surface area contributed by atoms with Gasteiger partial charge in [0.2, 0.25) is 5.91 Å². The maximum Gasteiger partial charge on any atom is 0.416 e. The number of Topliss-reactive ketones (excluding diaryl/α,β-unsaturated/α-hetero) is 1. The zero-order valence-corrected chi connectivity index (χ0v) is 17.0. The Morgan fingerprint density at radius 3 is 2.40 bits per heavy atom. The molecule has 0 aromatic heterocycles. The van der Waals surface area contributed by atoms with Gasteiger partial charge < -0.3 is 9.64 Å². The largest absolute Gasteiger partial charge is 0.496 e. The Hall–Kier alpha value is -2.83. The number of hydrogen-bond donors (Lipinski definition) is 0. The van der Waals surface area contributed by atoms with Crippen molar-refractivity contribution in [1.82, 2.24) is 4.90 Å². The monoisotopic (exact) mass is 419 g/mol. The van der Waals surface area contributed by atoms with Crippen molar-refractivity contribution in [3.05, 3.63) is 64.7 Å². The first-order valence-corrected chi connectivity index (χ1v) is 9.85. The maximum absolute atomic E-state index is 13.1. The lowest BCUT2D eigenvalue weighted by Crippen LogP contribution is -2.39. The summed E-state index contributed by atoms with van der Waals surface area (Å²) < 4.78 is 43.9. The molecule has 1 amide bonds. The van der Waals surface area contributed by atoms with Crippen LogP contribution in [-0.2, 0) is 17.4 Å². The number of halogens is 3. The molecule has 1 atom stereocenters. The van der Waals surface area contributed by atoms with Gasteiger partial charge in [-0.1, -0.05) is 12.1 Å². The topological polar surface area (TPSA) is 46.6 Å². The fraction of sp³-hybridized carbons (Fsp3) is 0.391. The molecular weight excluding hydrogens is 395 g/mol. The van der Waals surface area contributed by atoms with E-state index in [1.165, 1.54) is 26.2 Å². The number of ether oxygens (including phenoxy) is 1. The fourth-order valence-electron chi connectivity index (χ4n) is 3.87. The summed E-state index contributed by atoms with van der Waals surface area (Å²) in [7, 11) is 1.50. The summed E-state index contributed by atoms with van der Waals surface area (Å²) in [6.07, 6.45) is -1.89. The molecule has 0 aliphatic carbocycles. The minimum atomic E-state index is -4.39. The minimum absolute atomic E-state index is 0.0570. The van der Waals surface area contributed by atoms with Crippen molar-refractivity contribution >= 4 is 11.7 Å². The van der Waals surface area contributed by atoms with Crippen molar-refractivity contribution in [2.24, 2.45) is 0 Å². The SMILES string of the molecule is COc1ccc(C(C)=O)cc1CC(=O)N1CCCCC1c1ccc(C(F)(F)F)cc1. The molecule has 0 radical (unpaired) electrons. The molecule has 0 N–H and O–H groups in total. The van der Waals surface area contributed by atoms with Gasteiger partial charge in [-0.15, -0.1) is 0 Å². The zero-order chi connectivity index (χ0) is 21.9. The quantitative estimate of drug-likeness (QED) is 0.625. The normalized spacial score (nSPS) is 17.0. The van der Waals surface area contributed by atoms with Crippen LogP contribution in [0.4, 0.5) is 13.2 Å². The highest BCUT2D eigenvalue weighted by molar-refractivity contribution is 5.94. The first-order chi connectivity index (χ1) is 14.2. The summed E-state index contributed by atoms with van der Waals surface area (Å²) in [4.78, 5) is 26.6. The van der Waals surface area contributed by atoms with E-state index in [9.17, 15) is 22.8 Å². The molecule has 4 nitrogen and oxygen atoms in total. The number of likely N-dealkylation sites (tertiary alicyclic amines) is 1. The molecule has 1 aliphatic rings. The molecule has 1 fully saturated rings. The Balaban J connectivity index is 1.84. The van der Waals surface area contributed by atoms with Crippen LogP contribution in [-0.4, -0.2) is 30.2 Å². The molecular formula is C23H24F3NO3. The Kier molecular flexibility index (Phi) is 6.48. The van der Waals surface area contributed by atoms with Crippen LogP contribution in [0.3, 0.4) is 0 Å². The minimum Gasteiger partial charge on any atom is -0.496 e. The van der Waals surface area contributed by atoms with E-state index >= 15 is 0 Å². The number of benzene rings is 2. The highest BCUT2D eigenvalue weighted by Crippen LogP contribution is 2.35. The number of hydrogen-bond acceptors (Lipinski definition) is 3. The third-order valence-corrected chi connectivity index (χ3v) is 5.47. The predicted molar refractivity (Wildman–Crippen MR) is 106 cm³/mol. The second kappa shape index (κ2) is 8.90. The van der Waals surface area contributed by atoms with Crippen molar-refractivity contribution in [2.45, 2.75) is 44.8 Å². The van der Waals surface area contributed by atoms with Gasteiger partial charge in [-0.3, -0.25) is 9.59 Å². The molecule has 2 aromatic rings. The first kappa shape index (κ1) is 21.9. The van der Waals surface area contributed by atoms with Gasteiger partial charge in [-0.2, -0.15) is 13.2 Å². The third kappa shape index (κ3) is 4.83. The van der Waals surface area contributed by atoms with Crippen LogP contribution in [0.5, 0.6) is 5.75 Å². The highest BCUT2D eigenvalue weighted by Gasteiger charge is 2.32. The number of rotatable bonds is 5. The van der Waals surface area contributed by atoms with E-state index < -0.39 is 11.7 Å². The van der Waals surface area contributed by atoms with Gasteiger partial charge in [0.15, 0.2) is 5.78 Å². The van der Waals surface area contributed by atoms with E-state index in [0.29, 0.717) is 35.4 Å². The van der Waals surface area contributed by atoms with Crippen molar-refractivity contribution in [3.63, 3.8) is 0 Å². The van der Waals surface area contributed by atoms with Gasteiger partial charge >= 0.3 is 6.18 Å². The molecule has 3 rings (SSSR count). The maximum atomic E-state index is 13.1. The van der Waals surface area contributed by atoms with E-state index in [0.717, 1.165) is 25.0 Å². The zero-order valence-electron chi connectivity index (χ0n) is 17.0. The van der Waals surface area contributed by atoms with Crippen LogP contribution in [0.25, 0.3) is 0 Å². The molecule has 1 unspecified atom stereocenters. The molecule has 0 bridgehead atoms. The van der Waals surface area contributed by atoms with Crippen LogP contribution in [0.1, 0.15) is 59.3 Å². The Morgan fingerprint density at radius 2 is 1.80 bits per heavy atom. The molecule has 30 heavy (non-hydrogen) atoms. The van der Waals surface area contributed by atoms with E-state index in [-0.39, 0.29) is 24.2 Å². The van der Waals surface area contributed by atoms with Crippen molar-refractivity contribution in [1.29, 1.82) is 0 Å². The van der Waals surface area contributed by atoms with Gasteiger partial charge in [0, 0.05) is 17.7 Å². The second-order valence-electron chi connectivity index (χ2n) is 7.48. The van der Waals surface area contributed by atoms with E-state index in [1.807, 2.05) is 0 Å². The van der Waals surface area contributed by atoms with Gasteiger partial charge in [-0.05, 0) is 62.1 Å². The van der Waals surface area contributed by atoms with E-state index in [2.05, 4.69) is 0 Å². The smallest absolute Gasteiger partial charge is 0.416 e. The summed E-state index contributed by atoms with van der Waals surface area (Å²) in [5, 5.41) is 0. The van der Waals surface area contributed by atoms with Crippen LogP contribution in [0, 0.1) is 0 Å². The average molecular weight is 419 g/mol. The highest BCUT2D eigenvalue weighted by atomic mass is 19.4. The number of amides is 1. The first-order valence-electron chi connectivity index (χ1n) is 9.85. The molecule has 2 aromatic carbocycles. The lowest BCUT2D eigenvalue weighted by atomic mass is 9.93. The summed E-state index contributed by atoms with van der Waals surface area (Å²) in [5.41, 5.74) is 1.11. The number of carbonyl (C=O) groups excluding carboxylic acids is 2. The summed E-state index contributed by atoms with van der Waals surface area (Å²) >= 11 is 0. The summed E-state index contributed by atoms with van der Waals surface area (Å²) in [5.74, 6) is 0.280. The van der Waals surface area contributed by atoms with Gasteiger partial charge in [0.05, 0.1) is 25.1 Å². The molecule has 160 valence electrons. The second-order valence-corrected chi connectivity index (χ2v) is 7.48. The molecule has 1 aliphatic heterocycles. The van der Waals surface area contributed by atoms with Crippen molar-refractivity contribution in [2.75, 3.05) is 13.7 Å². The molecule has 7 heteroatoms. The lowest BCUT2D eigenvalue weighted by molar-refractivity contribution is -0.138. The predicted octanol–water partition coefficient (Wildman–Crippen LogP) is 5.21. The summed E-state index contributed by atoms with van der Waals surface area (Å²) in [6, 6.07) is 9.75. The van der Waals surface area contributed by atoms with Crippen LogP contribution >= 0.6 is 0 Å². The molecule has 1 heterocycles. The fourth-order valence-corrected chi connectivity index (χ4v) is 3.87. The number of piperidine rings is 1. The Morgan fingerprint density at radius 1 is 1.10 bits per heavy atom. The molecule has 0 saturated carbocycles.